The van der Waals surface area contributed by atoms with Crippen LogP contribution in [-0.2, 0) is 4.79 Å². The largest absolute Gasteiger partial charge is 0.496 e. The monoisotopic (exact) mass is 563 g/mol. The minimum atomic E-state index is -0.531. The van der Waals surface area contributed by atoms with E-state index in [1.54, 1.807) is 12.1 Å². The molecule has 0 fully saturated rings. The van der Waals surface area contributed by atoms with Crippen LogP contribution in [0.5, 0.6) is 11.5 Å². The summed E-state index contributed by atoms with van der Waals surface area (Å²) in [6, 6.07) is 7.63. The molecule has 0 atom stereocenters. The molecule has 0 saturated carbocycles. The van der Waals surface area contributed by atoms with Gasteiger partial charge in [0.05, 0.1) is 27.2 Å². The first-order valence-corrected chi connectivity index (χ1v) is 9.61. The molecule has 2 aromatic rings. The van der Waals surface area contributed by atoms with Crippen molar-refractivity contribution in [2.45, 2.75) is 0 Å². The standard InChI is InChI=1S/C16H12Br3N3O5/c1-26-14-3-2-11(22(24)25)4-9(14)7-20-21-15(23)8-27-16-12(18)5-10(17)6-13(16)19/h2-7H,8H2,1H3,(H,21,23)/b20-7-. The van der Waals surface area contributed by atoms with Gasteiger partial charge in [-0.1, -0.05) is 15.9 Å². The summed E-state index contributed by atoms with van der Waals surface area (Å²) in [5.74, 6) is 0.354. The molecule has 11 heteroatoms. The van der Waals surface area contributed by atoms with Gasteiger partial charge in [0.1, 0.15) is 11.5 Å². The highest BCUT2D eigenvalue weighted by Crippen LogP contribution is 2.36. The van der Waals surface area contributed by atoms with E-state index in [2.05, 4.69) is 58.3 Å². The molecule has 0 aliphatic rings. The van der Waals surface area contributed by atoms with Gasteiger partial charge in [0.2, 0.25) is 0 Å². The number of non-ortho nitro benzene ring substituents is 1. The van der Waals surface area contributed by atoms with Crippen molar-refractivity contribution in [3.05, 3.63) is 59.4 Å². The average Bonchev–Trinajstić information content (AvgIpc) is 2.60. The number of hydrazone groups is 1. The number of ether oxygens (including phenoxy) is 2. The van der Waals surface area contributed by atoms with Crippen molar-refractivity contribution >= 4 is 65.6 Å². The van der Waals surface area contributed by atoms with E-state index in [4.69, 9.17) is 9.47 Å². The molecule has 2 aromatic carbocycles. The molecular formula is C16H12Br3N3O5. The van der Waals surface area contributed by atoms with E-state index < -0.39 is 10.8 Å². The number of nitrogens with one attached hydrogen (secondary N) is 1. The predicted octanol–water partition coefficient (Wildman–Crippen LogP) is 4.42. The number of carbonyl (C=O) groups excluding carboxylic acids is 1. The van der Waals surface area contributed by atoms with Crippen molar-refractivity contribution in [3.63, 3.8) is 0 Å². The second-order valence-corrected chi connectivity index (χ2v) is 7.59. The van der Waals surface area contributed by atoms with Gasteiger partial charge in [-0.3, -0.25) is 14.9 Å². The van der Waals surface area contributed by atoms with Crippen LogP contribution in [0.2, 0.25) is 0 Å². The summed E-state index contributed by atoms with van der Waals surface area (Å²) in [6.07, 6.45) is 1.26. The van der Waals surface area contributed by atoms with Crippen molar-refractivity contribution in [1.29, 1.82) is 0 Å². The number of hydrogen-bond donors (Lipinski definition) is 1. The van der Waals surface area contributed by atoms with E-state index in [-0.39, 0.29) is 12.3 Å². The third-order valence-corrected chi connectivity index (χ3v) is 4.76. The molecule has 0 saturated heterocycles. The lowest BCUT2D eigenvalue weighted by Crippen LogP contribution is -2.24. The smallest absolute Gasteiger partial charge is 0.277 e. The molecule has 1 amide bonds. The first kappa shape index (κ1) is 21.3. The molecule has 142 valence electrons. The van der Waals surface area contributed by atoms with E-state index >= 15 is 0 Å². The fourth-order valence-corrected chi connectivity index (χ4v) is 4.43. The molecule has 8 nitrogen and oxygen atoms in total. The predicted molar refractivity (Wildman–Crippen MR) is 110 cm³/mol. The van der Waals surface area contributed by atoms with Gasteiger partial charge in [-0.05, 0) is 50.1 Å². The molecule has 0 aliphatic heterocycles. The number of carbonyl (C=O) groups is 1. The van der Waals surface area contributed by atoms with E-state index in [0.717, 1.165) is 4.47 Å². The molecule has 0 radical (unpaired) electrons. The number of halogens is 3. The summed E-state index contributed by atoms with van der Waals surface area (Å²) in [7, 11) is 1.43. The number of hydrogen-bond acceptors (Lipinski definition) is 6. The second-order valence-electron chi connectivity index (χ2n) is 4.96. The highest BCUT2D eigenvalue weighted by molar-refractivity contribution is 9.11. The van der Waals surface area contributed by atoms with Crippen LogP contribution in [0.3, 0.4) is 0 Å². The van der Waals surface area contributed by atoms with Crippen LogP contribution < -0.4 is 14.9 Å². The van der Waals surface area contributed by atoms with Crippen molar-refractivity contribution in [3.8, 4) is 11.5 Å². The SMILES string of the molecule is COc1ccc([N+](=O)[O-])cc1/C=N\NC(=O)COc1c(Br)cc(Br)cc1Br. The lowest BCUT2D eigenvalue weighted by atomic mass is 10.2. The molecule has 0 aliphatic carbocycles. The maximum atomic E-state index is 11.9. The number of nitrogens with zero attached hydrogens (tertiary/aromatic N) is 2. The maximum absolute atomic E-state index is 11.9. The number of nitro benzene ring substituents is 1. The summed E-state index contributed by atoms with van der Waals surface area (Å²) in [5, 5.41) is 14.6. The Hall–Kier alpha value is -1.98. The minimum Gasteiger partial charge on any atom is -0.496 e. The first-order chi connectivity index (χ1) is 12.8. The van der Waals surface area contributed by atoms with Gasteiger partial charge >= 0.3 is 0 Å². The number of benzene rings is 2. The van der Waals surface area contributed by atoms with E-state index in [9.17, 15) is 14.9 Å². The fourth-order valence-electron chi connectivity index (χ4n) is 1.95. The molecule has 1 N–H and O–H groups in total. The summed E-state index contributed by atoms with van der Waals surface area (Å²) in [5.41, 5.74) is 2.53. The minimum absolute atomic E-state index is 0.114. The maximum Gasteiger partial charge on any atom is 0.277 e. The van der Waals surface area contributed by atoms with Crippen LogP contribution in [0, 0.1) is 10.1 Å². The summed E-state index contributed by atoms with van der Waals surface area (Å²) >= 11 is 10.0. The van der Waals surface area contributed by atoms with Crippen molar-refractivity contribution < 1.29 is 19.2 Å². The van der Waals surface area contributed by atoms with Crippen molar-refractivity contribution in [2.75, 3.05) is 13.7 Å². The van der Waals surface area contributed by atoms with Crippen molar-refractivity contribution in [1.82, 2.24) is 5.43 Å². The summed E-state index contributed by atoms with van der Waals surface area (Å²) < 4.78 is 12.8. The van der Waals surface area contributed by atoms with E-state index in [0.29, 0.717) is 26.0 Å². The Balaban J connectivity index is 2.00. The van der Waals surface area contributed by atoms with Crippen LogP contribution >= 0.6 is 47.8 Å². The number of amides is 1. The Bertz CT molecular complexity index is 882. The molecule has 27 heavy (non-hydrogen) atoms. The molecule has 0 spiro atoms. The van der Waals surface area contributed by atoms with Crippen LogP contribution in [0.4, 0.5) is 5.69 Å². The fraction of sp³-hybridized carbons (Fsp3) is 0.125. The highest BCUT2D eigenvalue weighted by atomic mass is 79.9. The third-order valence-electron chi connectivity index (χ3n) is 3.13. The Morgan fingerprint density at radius 3 is 2.52 bits per heavy atom. The van der Waals surface area contributed by atoms with Gasteiger partial charge in [0.15, 0.2) is 6.61 Å². The lowest BCUT2D eigenvalue weighted by molar-refractivity contribution is -0.384. The van der Waals surface area contributed by atoms with Gasteiger partial charge in [0, 0.05) is 22.2 Å². The van der Waals surface area contributed by atoms with Crippen molar-refractivity contribution in [2.24, 2.45) is 5.10 Å². The quantitative estimate of drug-likeness (QED) is 0.304. The Labute approximate surface area is 179 Å². The van der Waals surface area contributed by atoms with E-state index in [1.807, 2.05) is 0 Å². The van der Waals surface area contributed by atoms with E-state index in [1.165, 1.54) is 31.5 Å². The van der Waals surface area contributed by atoms with Crippen LogP contribution in [-0.4, -0.2) is 30.8 Å². The zero-order valence-corrected chi connectivity index (χ0v) is 18.5. The van der Waals surface area contributed by atoms with Gasteiger partial charge in [-0.15, -0.1) is 0 Å². The van der Waals surface area contributed by atoms with Crippen LogP contribution in [0.15, 0.2) is 48.9 Å². The lowest BCUT2D eigenvalue weighted by Gasteiger charge is -2.10. The average molecular weight is 566 g/mol. The molecule has 0 heterocycles. The Morgan fingerprint density at radius 2 is 1.93 bits per heavy atom. The number of rotatable bonds is 7. The summed E-state index contributed by atoms with van der Waals surface area (Å²) in [6.45, 7) is -0.276. The molecule has 0 bridgehead atoms. The second kappa shape index (κ2) is 9.81. The highest BCUT2D eigenvalue weighted by Gasteiger charge is 2.12. The van der Waals surface area contributed by atoms with Gasteiger partial charge in [-0.25, -0.2) is 5.43 Å². The Morgan fingerprint density at radius 1 is 1.26 bits per heavy atom. The molecular weight excluding hydrogens is 554 g/mol. The zero-order valence-electron chi connectivity index (χ0n) is 13.7. The first-order valence-electron chi connectivity index (χ1n) is 7.23. The Kier molecular flexibility index (Phi) is 7.75. The van der Waals surface area contributed by atoms with Crippen LogP contribution in [0.25, 0.3) is 0 Å². The molecule has 2 rings (SSSR count). The van der Waals surface area contributed by atoms with Crippen LogP contribution in [0.1, 0.15) is 5.56 Å². The number of methoxy groups -OCH3 is 1. The molecule has 0 unspecified atom stereocenters. The third kappa shape index (κ3) is 6.01. The topological polar surface area (TPSA) is 103 Å². The zero-order chi connectivity index (χ0) is 20.0. The summed E-state index contributed by atoms with van der Waals surface area (Å²) in [4.78, 5) is 22.2. The van der Waals surface area contributed by atoms with Gasteiger partial charge < -0.3 is 9.47 Å². The number of nitro groups is 1. The van der Waals surface area contributed by atoms with Gasteiger partial charge in [-0.2, -0.15) is 5.10 Å². The van der Waals surface area contributed by atoms with Gasteiger partial charge in [0.25, 0.3) is 11.6 Å². The molecule has 0 aromatic heterocycles. The normalized spacial score (nSPS) is 10.7.